The van der Waals surface area contributed by atoms with Crippen LogP contribution in [0.4, 0.5) is 11.6 Å². The van der Waals surface area contributed by atoms with Gasteiger partial charge < -0.3 is 5.11 Å². The summed E-state index contributed by atoms with van der Waals surface area (Å²) in [4.78, 5) is 19.6. The number of aromatic nitrogens is 2. The first kappa shape index (κ1) is 22.6. The summed E-state index contributed by atoms with van der Waals surface area (Å²) in [6.07, 6.45) is 4.70. The van der Waals surface area contributed by atoms with Gasteiger partial charge in [-0.25, -0.2) is 14.7 Å². The number of hydrogen-bond acceptors (Lipinski definition) is 6. The molecular weight excluding hydrogens is 554 g/mol. The molecule has 10 heteroatoms. The van der Waals surface area contributed by atoms with Gasteiger partial charge in [0.15, 0.2) is 0 Å². The first-order valence-electron chi connectivity index (χ1n) is 9.56. The monoisotopic (exact) mass is 567 g/mol. The van der Waals surface area contributed by atoms with Crippen LogP contribution in [0.15, 0.2) is 92.0 Å². The van der Waals surface area contributed by atoms with Crippen molar-refractivity contribution in [2.45, 2.75) is 0 Å². The van der Waals surface area contributed by atoms with Crippen LogP contribution in [0.3, 0.4) is 0 Å². The molecule has 0 amide bonds. The summed E-state index contributed by atoms with van der Waals surface area (Å²) in [7, 11) is 0. The molecule has 4 rings (SSSR count). The largest absolute Gasteiger partial charge is 0.506 e. The van der Waals surface area contributed by atoms with Crippen LogP contribution in [-0.2, 0) is 0 Å². The van der Waals surface area contributed by atoms with Gasteiger partial charge in [-0.2, -0.15) is 5.10 Å². The minimum absolute atomic E-state index is 0.0245. The molecule has 0 unspecified atom stereocenters. The van der Waals surface area contributed by atoms with Gasteiger partial charge in [-0.1, -0.05) is 58.4 Å². The molecule has 33 heavy (non-hydrogen) atoms. The minimum atomic E-state index is -0.458. The van der Waals surface area contributed by atoms with Crippen LogP contribution < -0.4 is 0 Å². The number of aliphatic imine (C=N–C) groups is 1. The molecule has 0 saturated heterocycles. The van der Waals surface area contributed by atoms with Crippen LogP contribution >= 0.6 is 31.9 Å². The quantitative estimate of drug-likeness (QED) is 0.167. The lowest BCUT2D eigenvalue weighted by Crippen LogP contribution is -1.92. The molecule has 1 aromatic heterocycles. The van der Waals surface area contributed by atoms with Crippen molar-refractivity contribution in [1.82, 2.24) is 9.66 Å². The van der Waals surface area contributed by atoms with Crippen molar-refractivity contribution >= 4 is 55.9 Å². The first-order valence-corrected chi connectivity index (χ1v) is 11.1. The van der Waals surface area contributed by atoms with Crippen molar-refractivity contribution in [1.29, 1.82) is 0 Å². The van der Waals surface area contributed by atoms with Gasteiger partial charge in [-0.05, 0) is 28.1 Å². The molecule has 0 bridgehead atoms. The summed E-state index contributed by atoms with van der Waals surface area (Å²) in [6.45, 7) is 0. The number of phenolic OH excluding ortho intramolecular Hbond substituents is 1. The molecule has 0 aliphatic carbocycles. The Kier molecular flexibility index (Phi) is 6.76. The minimum Gasteiger partial charge on any atom is -0.506 e. The number of phenols is 1. The van der Waals surface area contributed by atoms with Crippen molar-refractivity contribution < 1.29 is 10.0 Å². The number of aromatic hydroxyl groups is 1. The Morgan fingerprint density at radius 1 is 1.03 bits per heavy atom. The lowest BCUT2D eigenvalue weighted by atomic mass is 10.2. The zero-order chi connectivity index (χ0) is 23.4. The third-order valence-corrected chi connectivity index (χ3v) is 5.59. The summed E-state index contributed by atoms with van der Waals surface area (Å²) in [5, 5.41) is 25.7. The second-order valence-electron chi connectivity index (χ2n) is 6.82. The van der Waals surface area contributed by atoms with Gasteiger partial charge in [0.05, 0.1) is 27.5 Å². The topological polar surface area (TPSA) is 106 Å². The van der Waals surface area contributed by atoms with E-state index in [-0.39, 0.29) is 17.4 Å². The van der Waals surface area contributed by atoms with Gasteiger partial charge in [0.2, 0.25) is 0 Å². The summed E-state index contributed by atoms with van der Waals surface area (Å²) in [5.74, 6) is 0.314. The smallest absolute Gasteiger partial charge is 0.270 e. The van der Waals surface area contributed by atoms with E-state index in [1.807, 2.05) is 30.3 Å². The lowest BCUT2D eigenvalue weighted by Gasteiger charge is -2.02. The highest BCUT2D eigenvalue weighted by molar-refractivity contribution is 9.11. The Balaban J connectivity index is 1.74. The zero-order valence-electron chi connectivity index (χ0n) is 16.8. The molecule has 8 nitrogen and oxygen atoms in total. The van der Waals surface area contributed by atoms with E-state index in [1.165, 1.54) is 29.2 Å². The van der Waals surface area contributed by atoms with E-state index in [4.69, 9.17) is 0 Å². The molecule has 0 atom stereocenters. The summed E-state index contributed by atoms with van der Waals surface area (Å²) < 4.78 is 2.77. The fourth-order valence-corrected chi connectivity index (χ4v) is 4.20. The maximum Gasteiger partial charge on any atom is 0.270 e. The molecule has 3 aromatic carbocycles. The molecule has 164 valence electrons. The number of benzene rings is 3. The number of rotatable bonds is 6. The second-order valence-corrected chi connectivity index (χ2v) is 8.59. The average molecular weight is 569 g/mol. The van der Waals surface area contributed by atoms with Crippen molar-refractivity contribution in [2.75, 3.05) is 0 Å². The molecule has 0 radical (unpaired) electrons. The Hall–Kier alpha value is -3.63. The van der Waals surface area contributed by atoms with Gasteiger partial charge in [0, 0.05) is 39.5 Å². The predicted molar refractivity (Wildman–Crippen MR) is 135 cm³/mol. The fraction of sp³-hybridized carbons (Fsp3) is 0. The normalized spacial score (nSPS) is 11.5. The number of non-ortho nitro benzene ring substituents is 1. The Morgan fingerprint density at radius 3 is 2.58 bits per heavy atom. The van der Waals surface area contributed by atoms with Crippen LogP contribution in [-0.4, -0.2) is 32.1 Å². The van der Waals surface area contributed by atoms with Crippen LogP contribution in [0, 0.1) is 10.1 Å². The van der Waals surface area contributed by atoms with Crippen LogP contribution in [0.5, 0.6) is 5.75 Å². The zero-order valence-corrected chi connectivity index (χ0v) is 20.0. The molecule has 0 aliphatic rings. The van der Waals surface area contributed by atoms with Gasteiger partial charge in [-0.15, -0.1) is 0 Å². The Labute approximate surface area is 205 Å². The Bertz CT molecular complexity index is 1380. The van der Waals surface area contributed by atoms with E-state index in [1.54, 1.807) is 30.5 Å². The van der Waals surface area contributed by atoms with Crippen LogP contribution in [0.1, 0.15) is 11.1 Å². The number of nitro benzene ring substituents is 1. The number of nitro groups is 1. The highest BCUT2D eigenvalue weighted by Crippen LogP contribution is 2.31. The van der Waals surface area contributed by atoms with Crippen LogP contribution in [0.25, 0.3) is 11.3 Å². The third-order valence-electron chi connectivity index (χ3n) is 4.53. The standard InChI is InChI=1S/C23H15Br2N5O3/c24-18-10-17(22(31)20(25)11-18)13-26-23-28-21(16-6-2-1-3-7-16)14-29(23)27-12-15-5-4-8-19(9-15)30(32)33/h1-14,31H/b26-13+,27-12+. The van der Waals surface area contributed by atoms with E-state index in [2.05, 4.69) is 46.9 Å². The molecule has 0 aliphatic heterocycles. The summed E-state index contributed by atoms with van der Waals surface area (Å²) in [6, 6.07) is 19.2. The van der Waals surface area contributed by atoms with Crippen molar-refractivity contribution in [3.8, 4) is 17.0 Å². The van der Waals surface area contributed by atoms with E-state index in [0.717, 1.165) is 10.0 Å². The predicted octanol–water partition coefficient (Wildman–Crippen LogP) is 6.32. The van der Waals surface area contributed by atoms with Gasteiger partial charge in [0.25, 0.3) is 11.6 Å². The average Bonchev–Trinajstić information content (AvgIpc) is 3.23. The van der Waals surface area contributed by atoms with Crippen LogP contribution in [0.2, 0.25) is 0 Å². The first-order chi connectivity index (χ1) is 15.9. The number of hydrogen-bond donors (Lipinski definition) is 1. The highest BCUT2D eigenvalue weighted by atomic mass is 79.9. The van der Waals surface area contributed by atoms with Gasteiger partial charge in [-0.3, -0.25) is 10.1 Å². The van der Waals surface area contributed by atoms with Gasteiger partial charge in [0.1, 0.15) is 5.75 Å². The summed E-state index contributed by atoms with van der Waals surface area (Å²) >= 11 is 6.70. The third kappa shape index (κ3) is 5.41. The van der Waals surface area contributed by atoms with Crippen molar-refractivity contribution in [2.24, 2.45) is 10.1 Å². The molecule has 1 N–H and O–H groups in total. The Morgan fingerprint density at radius 2 is 1.82 bits per heavy atom. The van der Waals surface area contributed by atoms with Crippen molar-refractivity contribution in [3.05, 3.63) is 103 Å². The second kappa shape index (κ2) is 9.88. The van der Waals surface area contributed by atoms with E-state index in [9.17, 15) is 15.2 Å². The SMILES string of the molecule is O=[N+]([O-])c1cccc(/C=N/n2cc(-c3ccccc3)nc2/N=C/c2cc(Br)cc(Br)c2O)c1. The van der Waals surface area contributed by atoms with E-state index < -0.39 is 4.92 Å². The fourth-order valence-electron chi connectivity index (χ4n) is 2.94. The van der Waals surface area contributed by atoms with E-state index in [0.29, 0.717) is 21.3 Å². The summed E-state index contributed by atoms with van der Waals surface area (Å²) in [5.41, 5.74) is 2.55. The molecule has 0 fully saturated rings. The van der Waals surface area contributed by atoms with E-state index >= 15 is 0 Å². The molecule has 4 aromatic rings. The lowest BCUT2D eigenvalue weighted by molar-refractivity contribution is -0.384. The van der Waals surface area contributed by atoms with Crippen molar-refractivity contribution in [3.63, 3.8) is 0 Å². The number of nitrogens with zero attached hydrogens (tertiary/aromatic N) is 5. The van der Waals surface area contributed by atoms with Gasteiger partial charge >= 0.3 is 0 Å². The maximum atomic E-state index is 11.0. The molecular formula is C23H15Br2N5O3. The number of imidazole rings is 1. The maximum absolute atomic E-state index is 11.0. The number of halogens is 2. The highest BCUT2D eigenvalue weighted by Gasteiger charge is 2.10. The molecule has 0 saturated carbocycles. The molecule has 1 heterocycles. The molecule has 0 spiro atoms.